The molecule has 0 aliphatic heterocycles. The number of hydrogen-bond donors (Lipinski definition) is 0. The summed E-state index contributed by atoms with van der Waals surface area (Å²) in [4.78, 5) is 35.6. The van der Waals surface area contributed by atoms with Gasteiger partial charge in [-0.15, -0.1) is 0 Å². The second-order valence-corrected chi connectivity index (χ2v) is 10.7. The zero-order chi connectivity index (χ0) is 24.2. The lowest BCUT2D eigenvalue weighted by Gasteiger charge is -2.24. The van der Waals surface area contributed by atoms with Crippen LogP contribution in [0.2, 0.25) is 0 Å². The monoisotopic (exact) mass is 524 g/mol. The van der Waals surface area contributed by atoms with Crippen molar-refractivity contribution < 1.29 is 19.3 Å². The fourth-order valence-corrected chi connectivity index (χ4v) is 4.76. The molecule has 0 amide bonds. The number of nitrogens with zero attached hydrogens (tertiary/aromatic N) is 2. The van der Waals surface area contributed by atoms with Crippen molar-refractivity contribution in [2.75, 3.05) is 24.6 Å². The quantitative estimate of drug-likeness (QED) is 0.134. The van der Waals surface area contributed by atoms with Crippen LogP contribution >= 0.6 is 48.0 Å². The summed E-state index contributed by atoms with van der Waals surface area (Å²) in [6, 6.07) is 0. The minimum atomic E-state index is -0.489. The summed E-state index contributed by atoms with van der Waals surface area (Å²) in [6.45, 7) is 9.49. The van der Waals surface area contributed by atoms with E-state index >= 15 is 0 Å². The van der Waals surface area contributed by atoms with Crippen molar-refractivity contribution in [1.82, 2.24) is 10.1 Å². The molecule has 6 nitrogen and oxygen atoms in total. The molecule has 0 bridgehead atoms. The van der Waals surface area contributed by atoms with Gasteiger partial charge in [0.15, 0.2) is 8.64 Å². The summed E-state index contributed by atoms with van der Waals surface area (Å²) in [6.07, 6.45) is 7.80. The van der Waals surface area contributed by atoms with Gasteiger partial charge in [-0.1, -0.05) is 76.9 Å². The van der Waals surface area contributed by atoms with E-state index in [1.54, 1.807) is 0 Å². The van der Waals surface area contributed by atoms with Crippen molar-refractivity contribution in [3.05, 3.63) is 0 Å². The lowest BCUT2D eigenvalue weighted by molar-refractivity contribution is -0.179. The molecule has 0 radical (unpaired) electrons. The van der Waals surface area contributed by atoms with E-state index in [0.29, 0.717) is 21.7 Å². The molecule has 0 N–H and O–H groups in total. The number of hydroxylamine groups is 4. The van der Waals surface area contributed by atoms with Crippen LogP contribution in [-0.2, 0) is 19.3 Å². The third kappa shape index (κ3) is 16.1. The van der Waals surface area contributed by atoms with Crippen LogP contribution in [0, 0.1) is 0 Å². The Bertz CT molecular complexity index is 516. The highest BCUT2D eigenvalue weighted by molar-refractivity contribution is 8.23. The zero-order valence-electron chi connectivity index (χ0n) is 20.1. The number of carbonyl (C=O) groups excluding carboxylic acids is 2. The summed E-state index contributed by atoms with van der Waals surface area (Å²) >= 11 is 13.9. The highest BCUT2D eigenvalue weighted by atomic mass is 32.2. The maximum atomic E-state index is 12.3. The van der Waals surface area contributed by atoms with Gasteiger partial charge in [-0.05, 0) is 50.1 Å². The molecule has 186 valence electrons. The Labute approximate surface area is 213 Å². The molecule has 0 saturated heterocycles. The molecule has 0 atom stereocenters. The van der Waals surface area contributed by atoms with Gasteiger partial charge in [0.1, 0.15) is 0 Å². The van der Waals surface area contributed by atoms with E-state index in [4.69, 9.17) is 34.1 Å². The van der Waals surface area contributed by atoms with Crippen LogP contribution in [0.4, 0.5) is 0 Å². The van der Waals surface area contributed by atoms with E-state index in [1.807, 2.05) is 0 Å². The molecule has 0 saturated carbocycles. The number of rotatable bonds is 15. The maximum Gasteiger partial charge on any atom is 0.333 e. The first kappa shape index (κ1) is 31.4. The fraction of sp³-hybridized carbons (Fsp3) is 0.818. The van der Waals surface area contributed by atoms with Gasteiger partial charge in [0.05, 0.1) is 25.9 Å². The molecule has 0 aromatic rings. The van der Waals surface area contributed by atoms with Gasteiger partial charge >= 0.3 is 11.9 Å². The molecular formula is C22H40N2O4S4. The molecule has 0 rings (SSSR count). The molecule has 0 aromatic carbocycles. The minimum absolute atomic E-state index is 0.0684. The summed E-state index contributed by atoms with van der Waals surface area (Å²) in [5.74, 6) is 0.810. The topological polar surface area (TPSA) is 59.1 Å². The predicted octanol–water partition coefficient (Wildman–Crippen LogP) is 6.52. The maximum absolute atomic E-state index is 12.3. The molecular weight excluding hydrogens is 485 g/mol. The van der Waals surface area contributed by atoms with Crippen LogP contribution in [0.5, 0.6) is 0 Å². The molecule has 0 unspecified atom stereocenters. The Morgan fingerprint density at radius 3 is 1.31 bits per heavy atom. The summed E-state index contributed by atoms with van der Waals surface area (Å²) in [7, 11) is 0. The first-order valence-corrected chi connectivity index (χ1v) is 14.5. The van der Waals surface area contributed by atoms with Crippen molar-refractivity contribution in [3.63, 3.8) is 0 Å². The second kappa shape index (κ2) is 21.0. The fourth-order valence-electron chi connectivity index (χ4n) is 2.24. The van der Waals surface area contributed by atoms with Crippen LogP contribution in [0.3, 0.4) is 0 Å². The average molecular weight is 525 g/mol. The molecule has 0 aromatic heterocycles. The Hall–Kier alpha value is -0.580. The van der Waals surface area contributed by atoms with Crippen LogP contribution in [0.1, 0.15) is 91.9 Å². The smallest absolute Gasteiger partial charge is 0.333 e. The Balaban J connectivity index is 4.63. The molecule has 0 heterocycles. The number of carbonyl (C=O) groups is 2. The van der Waals surface area contributed by atoms with Gasteiger partial charge in [0.2, 0.25) is 0 Å². The Morgan fingerprint density at radius 2 is 1.00 bits per heavy atom. The van der Waals surface area contributed by atoms with Gasteiger partial charge in [-0.3, -0.25) is 0 Å². The lowest BCUT2D eigenvalue weighted by atomic mass is 10.3. The average Bonchev–Trinajstić information content (AvgIpc) is 2.78. The van der Waals surface area contributed by atoms with Crippen molar-refractivity contribution in [2.24, 2.45) is 0 Å². The van der Waals surface area contributed by atoms with E-state index < -0.39 is 11.9 Å². The molecule has 0 aliphatic rings. The standard InChI is InChI=1S/C22H40N2O4S4/c1-5-9-15-23(21(29)31-17-11-7-3)27-19(25)13-14-20(26)28-24(16-10-6-2)22(30)32-18-12-8-4/h5-18H2,1-4H3. The highest BCUT2D eigenvalue weighted by Gasteiger charge is 2.20. The van der Waals surface area contributed by atoms with Crippen LogP contribution in [0.15, 0.2) is 0 Å². The Morgan fingerprint density at radius 1 is 0.656 bits per heavy atom. The number of hydrogen-bond acceptors (Lipinski definition) is 8. The van der Waals surface area contributed by atoms with Gasteiger partial charge in [-0.25, -0.2) is 9.59 Å². The van der Waals surface area contributed by atoms with E-state index in [9.17, 15) is 9.59 Å². The summed E-state index contributed by atoms with van der Waals surface area (Å²) in [5, 5.41) is 2.97. The summed E-state index contributed by atoms with van der Waals surface area (Å²) < 4.78 is 1.12. The van der Waals surface area contributed by atoms with Crippen LogP contribution in [-0.4, -0.2) is 55.3 Å². The summed E-state index contributed by atoms with van der Waals surface area (Å²) in [5.41, 5.74) is 0. The van der Waals surface area contributed by atoms with Gasteiger partial charge in [0.25, 0.3) is 0 Å². The van der Waals surface area contributed by atoms with Crippen LogP contribution < -0.4 is 0 Å². The van der Waals surface area contributed by atoms with Crippen molar-refractivity contribution in [3.8, 4) is 0 Å². The van der Waals surface area contributed by atoms with E-state index in [-0.39, 0.29) is 12.8 Å². The SMILES string of the molecule is CCCCSC(=S)N(CCCC)OC(=O)CCC(=O)ON(CCCC)C(=S)SCCCC. The zero-order valence-corrected chi connectivity index (χ0v) is 23.3. The van der Waals surface area contributed by atoms with Crippen molar-refractivity contribution in [2.45, 2.75) is 91.9 Å². The molecule has 0 spiro atoms. The molecule has 0 aliphatic carbocycles. The van der Waals surface area contributed by atoms with Crippen molar-refractivity contribution in [1.29, 1.82) is 0 Å². The lowest BCUT2D eigenvalue weighted by Crippen LogP contribution is -2.33. The third-order valence-corrected chi connectivity index (χ3v) is 7.24. The normalized spacial score (nSPS) is 10.5. The van der Waals surface area contributed by atoms with Gasteiger partial charge in [0, 0.05) is 11.5 Å². The second-order valence-electron chi connectivity index (χ2n) is 7.27. The third-order valence-electron chi connectivity index (χ3n) is 4.24. The van der Waals surface area contributed by atoms with Gasteiger partial charge < -0.3 is 9.68 Å². The molecule has 32 heavy (non-hydrogen) atoms. The Kier molecular flexibility index (Phi) is 20.6. The number of thiocarbonyl (C=S) groups is 2. The van der Waals surface area contributed by atoms with E-state index in [0.717, 1.165) is 62.9 Å². The first-order chi connectivity index (χ1) is 15.4. The van der Waals surface area contributed by atoms with Gasteiger partial charge in [-0.2, -0.15) is 10.1 Å². The highest BCUT2D eigenvalue weighted by Crippen LogP contribution is 2.16. The number of thioether (sulfide) groups is 2. The first-order valence-electron chi connectivity index (χ1n) is 11.7. The number of unbranched alkanes of at least 4 members (excludes halogenated alkanes) is 4. The van der Waals surface area contributed by atoms with Crippen molar-refractivity contribution >= 4 is 68.5 Å². The predicted molar refractivity (Wildman–Crippen MR) is 145 cm³/mol. The van der Waals surface area contributed by atoms with E-state index in [1.165, 1.54) is 33.7 Å². The minimum Gasteiger partial charge on any atom is -0.340 e. The van der Waals surface area contributed by atoms with E-state index in [2.05, 4.69) is 27.7 Å². The van der Waals surface area contributed by atoms with Crippen LogP contribution in [0.25, 0.3) is 0 Å². The largest absolute Gasteiger partial charge is 0.340 e. The molecule has 0 fully saturated rings. The molecule has 10 heteroatoms.